The Morgan fingerprint density at radius 2 is 2.14 bits per heavy atom. The zero-order chi connectivity index (χ0) is 14.5. The van der Waals surface area contributed by atoms with Gasteiger partial charge in [-0.3, -0.25) is 0 Å². The summed E-state index contributed by atoms with van der Waals surface area (Å²) in [5, 5.41) is 7.30. The molecule has 0 saturated carbocycles. The summed E-state index contributed by atoms with van der Waals surface area (Å²) in [6.45, 7) is 3.10. The SMILES string of the molecule is COc1cccc(CCNCc2c(C)nn(C)c2F)c1.Cl. The van der Waals surface area contributed by atoms with Gasteiger partial charge in [0, 0.05) is 19.2 Å². The number of aromatic nitrogens is 2. The second-order valence-corrected chi connectivity index (χ2v) is 4.76. The van der Waals surface area contributed by atoms with Crippen molar-refractivity contribution in [2.24, 2.45) is 7.05 Å². The summed E-state index contributed by atoms with van der Waals surface area (Å²) in [6.07, 6.45) is 0.873. The number of hydrogen-bond donors (Lipinski definition) is 1. The molecule has 116 valence electrons. The lowest BCUT2D eigenvalue weighted by molar-refractivity contribution is 0.414. The van der Waals surface area contributed by atoms with Gasteiger partial charge >= 0.3 is 0 Å². The number of nitrogens with zero attached hydrogens (tertiary/aromatic N) is 2. The summed E-state index contributed by atoms with van der Waals surface area (Å²) in [5.74, 6) is 0.591. The number of rotatable bonds is 6. The summed E-state index contributed by atoms with van der Waals surface area (Å²) in [5.41, 5.74) is 2.57. The van der Waals surface area contributed by atoms with Crippen molar-refractivity contribution in [3.8, 4) is 5.75 Å². The van der Waals surface area contributed by atoms with Crippen LogP contribution in [-0.2, 0) is 20.0 Å². The number of nitrogens with one attached hydrogen (secondary N) is 1. The maximum Gasteiger partial charge on any atom is 0.215 e. The van der Waals surface area contributed by atoms with Gasteiger partial charge in [-0.25, -0.2) is 4.68 Å². The third-order valence-electron chi connectivity index (χ3n) is 3.30. The van der Waals surface area contributed by atoms with E-state index in [1.807, 2.05) is 25.1 Å². The van der Waals surface area contributed by atoms with Gasteiger partial charge in [-0.2, -0.15) is 9.49 Å². The maximum atomic E-state index is 13.7. The molecule has 0 amide bonds. The molecular weight excluding hydrogens is 293 g/mol. The highest BCUT2D eigenvalue weighted by Crippen LogP contribution is 2.13. The Kier molecular flexibility index (Phi) is 6.65. The summed E-state index contributed by atoms with van der Waals surface area (Å²) in [4.78, 5) is 0. The molecule has 4 nitrogen and oxygen atoms in total. The van der Waals surface area contributed by atoms with Crippen molar-refractivity contribution in [1.82, 2.24) is 15.1 Å². The number of hydrogen-bond acceptors (Lipinski definition) is 3. The maximum absolute atomic E-state index is 13.7. The Hall–Kier alpha value is -1.59. The van der Waals surface area contributed by atoms with E-state index >= 15 is 0 Å². The van der Waals surface area contributed by atoms with Crippen LogP contribution in [0.25, 0.3) is 0 Å². The molecule has 0 spiro atoms. The van der Waals surface area contributed by atoms with Gasteiger partial charge in [-0.05, 0) is 37.6 Å². The third kappa shape index (κ3) is 4.44. The first-order chi connectivity index (χ1) is 9.61. The molecule has 0 unspecified atom stereocenters. The smallest absolute Gasteiger partial charge is 0.215 e. The fraction of sp³-hybridized carbons (Fsp3) is 0.400. The van der Waals surface area contributed by atoms with E-state index in [1.54, 1.807) is 14.2 Å². The van der Waals surface area contributed by atoms with Crippen LogP contribution in [0.4, 0.5) is 4.39 Å². The van der Waals surface area contributed by atoms with E-state index in [9.17, 15) is 4.39 Å². The topological polar surface area (TPSA) is 39.1 Å². The minimum atomic E-state index is -0.267. The summed E-state index contributed by atoms with van der Waals surface area (Å²) >= 11 is 0. The lowest BCUT2D eigenvalue weighted by atomic mass is 10.1. The van der Waals surface area contributed by atoms with Crippen LogP contribution in [0.15, 0.2) is 24.3 Å². The van der Waals surface area contributed by atoms with Crippen LogP contribution in [-0.4, -0.2) is 23.4 Å². The lowest BCUT2D eigenvalue weighted by Gasteiger charge is -2.06. The number of methoxy groups -OCH3 is 1. The molecule has 0 aliphatic carbocycles. The van der Waals surface area contributed by atoms with Crippen LogP contribution in [0.5, 0.6) is 5.75 Å². The van der Waals surface area contributed by atoms with Crippen LogP contribution in [0.3, 0.4) is 0 Å². The van der Waals surface area contributed by atoms with E-state index < -0.39 is 0 Å². The molecular formula is C15H21ClFN3O. The normalized spacial score (nSPS) is 10.3. The Morgan fingerprint density at radius 3 is 2.76 bits per heavy atom. The Balaban J connectivity index is 0.00000220. The first kappa shape index (κ1) is 17.5. The second kappa shape index (κ2) is 8.00. The average Bonchev–Trinajstić information content (AvgIpc) is 2.69. The Morgan fingerprint density at radius 1 is 1.38 bits per heavy atom. The predicted molar refractivity (Wildman–Crippen MR) is 83.6 cm³/mol. The van der Waals surface area contributed by atoms with Crippen molar-refractivity contribution in [1.29, 1.82) is 0 Å². The van der Waals surface area contributed by atoms with Crippen molar-refractivity contribution in [2.45, 2.75) is 19.9 Å². The van der Waals surface area contributed by atoms with Crippen molar-refractivity contribution in [3.63, 3.8) is 0 Å². The molecule has 1 N–H and O–H groups in total. The molecule has 2 aromatic rings. The van der Waals surface area contributed by atoms with Gasteiger partial charge in [0.15, 0.2) is 0 Å². The number of ether oxygens (including phenoxy) is 1. The molecule has 21 heavy (non-hydrogen) atoms. The Labute approximate surface area is 130 Å². The van der Waals surface area contributed by atoms with Crippen molar-refractivity contribution >= 4 is 12.4 Å². The van der Waals surface area contributed by atoms with Crippen molar-refractivity contribution in [3.05, 3.63) is 47.0 Å². The predicted octanol–water partition coefficient (Wildman–Crippen LogP) is 2.63. The molecule has 1 aromatic heterocycles. The van der Waals surface area contributed by atoms with Crippen LogP contribution in [0.1, 0.15) is 16.8 Å². The first-order valence-corrected chi connectivity index (χ1v) is 6.63. The van der Waals surface area contributed by atoms with Crippen LogP contribution in [0, 0.1) is 12.9 Å². The van der Waals surface area contributed by atoms with E-state index in [2.05, 4.69) is 16.5 Å². The van der Waals surface area contributed by atoms with Crippen molar-refractivity contribution in [2.75, 3.05) is 13.7 Å². The quantitative estimate of drug-likeness (QED) is 0.833. The zero-order valence-corrected chi connectivity index (χ0v) is 13.3. The monoisotopic (exact) mass is 313 g/mol. The van der Waals surface area contributed by atoms with Crippen LogP contribution < -0.4 is 10.1 Å². The van der Waals surface area contributed by atoms with E-state index in [0.717, 1.165) is 24.4 Å². The average molecular weight is 314 g/mol. The molecule has 0 atom stereocenters. The summed E-state index contributed by atoms with van der Waals surface area (Å²) < 4.78 is 20.2. The van der Waals surface area contributed by atoms with Gasteiger partial charge in [0.2, 0.25) is 5.95 Å². The fourth-order valence-electron chi connectivity index (χ4n) is 2.15. The molecule has 0 bridgehead atoms. The minimum absolute atomic E-state index is 0. The zero-order valence-electron chi connectivity index (χ0n) is 12.5. The molecule has 0 radical (unpaired) electrons. The van der Waals surface area contributed by atoms with E-state index in [-0.39, 0.29) is 18.4 Å². The number of halogens is 2. The van der Waals surface area contributed by atoms with Gasteiger partial charge in [0.1, 0.15) is 5.75 Å². The second-order valence-electron chi connectivity index (χ2n) is 4.76. The van der Waals surface area contributed by atoms with E-state index in [0.29, 0.717) is 12.1 Å². The molecule has 0 saturated heterocycles. The van der Waals surface area contributed by atoms with Crippen LogP contribution in [0.2, 0.25) is 0 Å². The molecule has 0 aliphatic rings. The third-order valence-corrected chi connectivity index (χ3v) is 3.30. The highest BCUT2D eigenvalue weighted by atomic mass is 35.5. The van der Waals surface area contributed by atoms with Gasteiger partial charge in [0.05, 0.1) is 12.8 Å². The molecule has 0 aliphatic heterocycles. The van der Waals surface area contributed by atoms with Gasteiger partial charge in [-0.15, -0.1) is 12.4 Å². The van der Waals surface area contributed by atoms with E-state index in [4.69, 9.17) is 4.74 Å². The van der Waals surface area contributed by atoms with Crippen molar-refractivity contribution < 1.29 is 9.13 Å². The summed E-state index contributed by atoms with van der Waals surface area (Å²) in [7, 11) is 3.27. The van der Waals surface area contributed by atoms with E-state index in [1.165, 1.54) is 10.2 Å². The largest absolute Gasteiger partial charge is 0.497 e. The summed E-state index contributed by atoms with van der Waals surface area (Å²) in [6, 6.07) is 7.96. The molecule has 1 heterocycles. The molecule has 1 aromatic carbocycles. The fourth-order valence-corrected chi connectivity index (χ4v) is 2.15. The lowest BCUT2D eigenvalue weighted by Crippen LogP contribution is -2.17. The van der Waals surface area contributed by atoms with Gasteiger partial charge in [0.25, 0.3) is 0 Å². The minimum Gasteiger partial charge on any atom is -0.497 e. The molecule has 2 rings (SSSR count). The number of aryl methyl sites for hydroxylation is 2. The Bertz CT molecular complexity index is 586. The standard InChI is InChI=1S/C15H20FN3O.ClH/c1-11-14(15(16)19(2)18-11)10-17-8-7-12-5-4-6-13(9-12)20-3;/h4-6,9,17H,7-8,10H2,1-3H3;1H. The first-order valence-electron chi connectivity index (χ1n) is 6.63. The highest BCUT2D eigenvalue weighted by molar-refractivity contribution is 5.85. The molecule has 6 heteroatoms. The van der Waals surface area contributed by atoms with Crippen LogP contribution >= 0.6 is 12.4 Å². The van der Waals surface area contributed by atoms with Gasteiger partial charge in [-0.1, -0.05) is 12.1 Å². The van der Waals surface area contributed by atoms with Gasteiger partial charge < -0.3 is 10.1 Å². The highest BCUT2D eigenvalue weighted by Gasteiger charge is 2.11. The number of benzene rings is 1. The molecule has 0 fully saturated rings.